The molecule has 82 valence electrons. The number of pyridine rings is 1. The normalized spacial score (nSPS) is 12.6. The molecule has 0 fully saturated rings. The zero-order valence-electron chi connectivity index (χ0n) is 8.70. The molecule has 0 aliphatic carbocycles. The topological polar surface area (TPSA) is 68.0 Å². The number of carbonyl (C=O) groups excluding carboxylic acids is 1. The molecule has 1 atom stereocenters. The number of nitrogens with one attached hydrogen (secondary N) is 1. The van der Waals surface area contributed by atoms with Crippen LogP contribution < -0.4 is 11.1 Å². The molecule has 0 saturated carbocycles. The fraction of sp³-hybridized carbons (Fsp3) is 0.400. The van der Waals surface area contributed by atoms with E-state index in [0.717, 1.165) is 0 Å². The number of carbonyl (C=O) groups is 1. The Kier molecular flexibility index (Phi) is 4.23. The van der Waals surface area contributed by atoms with E-state index in [1.165, 1.54) is 0 Å². The fourth-order valence-electron chi connectivity index (χ4n) is 0.998. The molecule has 0 bridgehead atoms. The molecule has 1 aromatic rings. The zero-order chi connectivity index (χ0) is 11.4. The zero-order valence-corrected chi connectivity index (χ0v) is 10.3. The maximum absolute atomic E-state index is 11.6. The van der Waals surface area contributed by atoms with Crippen LogP contribution in [-0.2, 0) is 4.79 Å². The van der Waals surface area contributed by atoms with E-state index in [1.807, 2.05) is 13.8 Å². The minimum atomic E-state index is -0.503. The Morgan fingerprint density at radius 1 is 1.60 bits per heavy atom. The Morgan fingerprint density at radius 3 is 2.80 bits per heavy atom. The van der Waals surface area contributed by atoms with Crippen LogP contribution in [0.15, 0.2) is 22.9 Å². The van der Waals surface area contributed by atoms with Crippen LogP contribution in [0.1, 0.15) is 13.8 Å². The van der Waals surface area contributed by atoms with Gasteiger partial charge in [-0.05, 0) is 34.0 Å². The summed E-state index contributed by atoms with van der Waals surface area (Å²) in [5.41, 5.74) is 6.35. The van der Waals surface area contributed by atoms with Crippen molar-refractivity contribution in [2.45, 2.75) is 19.9 Å². The number of nitrogens with zero attached hydrogens (tertiary/aromatic N) is 1. The summed E-state index contributed by atoms with van der Waals surface area (Å²) in [6.07, 6.45) is 1.64. The Balaban J connectivity index is 2.71. The molecule has 0 saturated heterocycles. The predicted octanol–water partition coefficient (Wildman–Crippen LogP) is 1.77. The van der Waals surface area contributed by atoms with Crippen LogP contribution in [0.3, 0.4) is 0 Å². The lowest BCUT2D eigenvalue weighted by Crippen LogP contribution is -2.39. The standard InChI is InChI=1S/C10H14BrN3O/c1-6(2)8(12)10(15)14-7-4-3-5-13-9(7)11/h3-6,8H,12H2,1-2H3,(H,14,15). The van der Waals surface area contributed by atoms with Gasteiger partial charge in [-0.25, -0.2) is 4.98 Å². The molecule has 1 unspecified atom stereocenters. The Morgan fingerprint density at radius 2 is 2.27 bits per heavy atom. The minimum absolute atomic E-state index is 0.112. The summed E-state index contributed by atoms with van der Waals surface area (Å²) in [6, 6.07) is 3.01. The van der Waals surface area contributed by atoms with Gasteiger partial charge in [-0.15, -0.1) is 0 Å². The summed E-state index contributed by atoms with van der Waals surface area (Å²) < 4.78 is 0.606. The molecule has 1 amide bonds. The number of rotatable bonds is 3. The second-order valence-corrected chi connectivity index (χ2v) is 4.35. The maximum Gasteiger partial charge on any atom is 0.241 e. The van der Waals surface area contributed by atoms with Gasteiger partial charge < -0.3 is 11.1 Å². The quantitative estimate of drug-likeness (QED) is 0.824. The Hall–Kier alpha value is -0.940. The molecule has 0 aromatic carbocycles. The van der Waals surface area contributed by atoms with Crippen LogP contribution in [0.25, 0.3) is 0 Å². The molecular weight excluding hydrogens is 258 g/mol. The van der Waals surface area contributed by atoms with Crippen LogP contribution in [-0.4, -0.2) is 16.9 Å². The molecule has 1 rings (SSSR count). The fourth-order valence-corrected chi connectivity index (χ4v) is 1.35. The van der Waals surface area contributed by atoms with E-state index in [9.17, 15) is 4.79 Å². The molecular formula is C10H14BrN3O. The van der Waals surface area contributed by atoms with Gasteiger partial charge in [0.2, 0.25) is 5.91 Å². The highest BCUT2D eigenvalue weighted by Crippen LogP contribution is 2.18. The van der Waals surface area contributed by atoms with Gasteiger partial charge in [-0.2, -0.15) is 0 Å². The second kappa shape index (κ2) is 5.23. The van der Waals surface area contributed by atoms with E-state index >= 15 is 0 Å². The van der Waals surface area contributed by atoms with Crippen molar-refractivity contribution in [3.8, 4) is 0 Å². The first-order valence-electron chi connectivity index (χ1n) is 4.69. The van der Waals surface area contributed by atoms with E-state index in [2.05, 4.69) is 26.2 Å². The second-order valence-electron chi connectivity index (χ2n) is 3.60. The van der Waals surface area contributed by atoms with Crippen molar-refractivity contribution >= 4 is 27.5 Å². The highest BCUT2D eigenvalue weighted by Gasteiger charge is 2.17. The Bertz CT molecular complexity index is 354. The summed E-state index contributed by atoms with van der Waals surface area (Å²) in [5, 5.41) is 2.72. The van der Waals surface area contributed by atoms with Crippen molar-refractivity contribution in [1.29, 1.82) is 0 Å². The molecule has 0 aliphatic heterocycles. The smallest absolute Gasteiger partial charge is 0.241 e. The number of hydrogen-bond donors (Lipinski definition) is 2. The molecule has 15 heavy (non-hydrogen) atoms. The van der Waals surface area contributed by atoms with Gasteiger partial charge in [0, 0.05) is 6.20 Å². The van der Waals surface area contributed by atoms with Gasteiger partial charge in [0.15, 0.2) is 0 Å². The Labute approximate surface area is 97.4 Å². The van der Waals surface area contributed by atoms with Gasteiger partial charge in [0.05, 0.1) is 11.7 Å². The molecule has 1 aromatic heterocycles. The van der Waals surface area contributed by atoms with Crippen LogP contribution in [0, 0.1) is 5.92 Å². The van der Waals surface area contributed by atoms with E-state index in [1.54, 1.807) is 18.3 Å². The first-order chi connectivity index (χ1) is 7.02. The monoisotopic (exact) mass is 271 g/mol. The lowest BCUT2D eigenvalue weighted by molar-refractivity contribution is -0.118. The van der Waals surface area contributed by atoms with E-state index in [4.69, 9.17) is 5.73 Å². The van der Waals surface area contributed by atoms with Gasteiger partial charge in [-0.1, -0.05) is 13.8 Å². The summed E-state index contributed by atoms with van der Waals surface area (Å²) >= 11 is 3.24. The molecule has 5 heteroatoms. The number of nitrogens with two attached hydrogens (primary N) is 1. The van der Waals surface area contributed by atoms with Crippen molar-refractivity contribution in [1.82, 2.24) is 4.98 Å². The van der Waals surface area contributed by atoms with Crippen LogP contribution in [0.2, 0.25) is 0 Å². The summed E-state index contributed by atoms with van der Waals surface area (Å²) in [4.78, 5) is 15.6. The number of amides is 1. The van der Waals surface area contributed by atoms with Crippen molar-refractivity contribution in [3.05, 3.63) is 22.9 Å². The highest BCUT2D eigenvalue weighted by molar-refractivity contribution is 9.10. The van der Waals surface area contributed by atoms with E-state index in [-0.39, 0.29) is 11.8 Å². The van der Waals surface area contributed by atoms with Gasteiger partial charge in [0.1, 0.15) is 4.60 Å². The number of hydrogen-bond acceptors (Lipinski definition) is 3. The third-order valence-corrected chi connectivity index (χ3v) is 2.67. The number of anilines is 1. The van der Waals surface area contributed by atoms with Crippen molar-refractivity contribution < 1.29 is 4.79 Å². The average molecular weight is 272 g/mol. The molecule has 0 spiro atoms. The van der Waals surface area contributed by atoms with Gasteiger partial charge in [0.25, 0.3) is 0 Å². The van der Waals surface area contributed by atoms with Crippen molar-refractivity contribution in [2.24, 2.45) is 11.7 Å². The van der Waals surface area contributed by atoms with Crippen LogP contribution >= 0.6 is 15.9 Å². The van der Waals surface area contributed by atoms with E-state index < -0.39 is 6.04 Å². The first-order valence-corrected chi connectivity index (χ1v) is 5.48. The van der Waals surface area contributed by atoms with Crippen molar-refractivity contribution in [2.75, 3.05) is 5.32 Å². The lowest BCUT2D eigenvalue weighted by Gasteiger charge is -2.15. The van der Waals surface area contributed by atoms with Gasteiger partial charge in [-0.3, -0.25) is 4.79 Å². The third kappa shape index (κ3) is 3.28. The molecule has 4 nitrogen and oxygen atoms in total. The third-order valence-electron chi connectivity index (χ3n) is 2.04. The SMILES string of the molecule is CC(C)C(N)C(=O)Nc1cccnc1Br. The largest absolute Gasteiger partial charge is 0.322 e. The molecule has 0 radical (unpaired) electrons. The average Bonchev–Trinajstić information content (AvgIpc) is 2.20. The summed E-state index contributed by atoms with van der Waals surface area (Å²) in [5.74, 6) is -0.0841. The van der Waals surface area contributed by atoms with E-state index in [0.29, 0.717) is 10.3 Å². The van der Waals surface area contributed by atoms with Crippen LogP contribution in [0.5, 0.6) is 0 Å². The molecule has 1 heterocycles. The number of aromatic nitrogens is 1. The van der Waals surface area contributed by atoms with Crippen LogP contribution in [0.4, 0.5) is 5.69 Å². The lowest BCUT2D eigenvalue weighted by atomic mass is 10.1. The van der Waals surface area contributed by atoms with Crippen molar-refractivity contribution in [3.63, 3.8) is 0 Å². The molecule has 0 aliphatic rings. The first kappa shape index (κ1) is 12.1. The minimum Gasteiger partial charge on any atom is -0.322 e. The maximum atomic E-state index is 11.6. The predicted molar refractivity (Wildman–Crippen MR) is 63.4 cm³/mol. The highest BCUT2D eigenvalue weighted by atomic mass is 79.9. The summed E-state index contributed by atoms with van der Waals surface area (Å²) in [6.45, 7) is 3.81. The van der Waals surface area contributed by atoms with Gasteiger partial charge >= 0.3 is 0 Å². The number of halogens is 1. The molecule has 3 N–H and O–H groups in total. The summed E-state index contributed by atoms with van der Waals surface area (Å²) in [7, 11) is 0.